The second-order valence-electron chi connectivity index (χ2n) is 5.97. The number of amides is 1. The van der Waals surface area contributed by atoms with E-state index in [2.05, 4.69) is 15.2 Å². The van der Waals surface area contributed by atoms with Crippen LogP contribution >= 0.6 is 11.8 Å². The predicted molar refractivity (Wildman–Crippen MR) is 98.5 cm³/mol. The van der Waals surface area contributed by atoms with Gasteiger partial charge in [0.05, 0.1) is 12.4 Å². The highest BCUT2D eigenvalue weighted by molar-refractivity contribution is 7.99. The molecule has 1 unspecified atom stereocenters. The third kappa shape index (κ3) is 4.43. The van der Waals surface area contributed by atoms with Gasteiger partial charge in [-0.3, -0.25) is 9.89 Å². The molecule has 1 N–H and O–H groups in total. The van der Waals surface area contributed by atoms with Crippen LogP contribution in [0.3, 0.4) is 0 Å². The first kappa shape index (κ1) is 18.4. The average Bonchev–Trinajstić information content (AvgIpc) is 3.16. The molecule has 26 heavy (non-hydrogen) atoms. The number of carbonyl (C=O) groups excluding carboxylic acids is 2. The Hall–Kier alpha value is -2.35. The molecule has 0 aliphatic carbocycles. The fourth-order valence-electron chi connectivity index (χ4n) is 2.96. The molecule has 1 aliphatic heterocycles. The van der Waals surface area contributed by atoms with Gasteiger partial charge in [-0.25, -0.2) is 9.78 Å². The third-order valence-electron chi connectivity index (χ3n) is 4.22. The molecule has 0 saturated carbocycles. The zero-order valence-corrected chi connectivity index (χ0v) is 15.5. The number of likely N-dealkylation sites (tertiary alicyclic amines) is 1. The van der Waals surface area contributed by atoms with Crippen LogP contribution in [0.4, 0.5) is 0 Å². The van der Waals surface area contributed by atoms with Gasteiger partial charge >= 0.3 is 5.97 Å². The van der Waals surface area contributed by atoms with E-state index in [1.165, 1.54) is 11.8 Å². The van der Waals surface area contributed by atoms with Gasteiger partial charge in [0.15, 0.2) is 5.82 Å². The van der Waals surface area contributed by atoms with Crippen molar-refractivity contribution in [2.24, 2.45) is 0 Å². The zero-order valence-electron chi connectivity index (χ0n) is 14.7. The van der Waals surface area contributed by atoms with E-state index in [1.54, 1.807) is 11.8 Å². The number of rotatable bonds is 6. The van der Waals surface area contributed by atoms with Crippen LogP contribution < -0.4 is 0 Å². The van der Waals surface area contributed by atoms with E-state index in [1.807, 2.05) is 30.3 Å². The molecule has 1 amide bonds. The van der Waals surface area contributed by atoms with Crippen molar-refractivity contribution in [3.8, 4) is 11.4 Å². The predicted octanol–water partition coefficient (Wildman–Crippen LogP) is 2.51. The molecule has 3 rings (SSSR count). The van der Waals surface area contributed by atoms with Crippen LogP contribution in [0.25, 0.3) is 11.4 Å². The SMILES string of the molecule is CCOC(=O)C1CCCCN1C(=O)CSc1n[nH]c(-c2ccccc2)n1. The lowest BCUT2D eigenvalue weighted by Crippen LogP contribution is -2.49. The Balaban J connectivity index is 1.59. The summed E-state index contributed by atoms with van der Waals surface area (Å²) in [7, 11) is 0. The van der Waals surface area contributed by atoms with Gasteiger partial charge in [-0.05, 0) is 26.2 Å². The van der Waals surface area contributed by atoms with Crippen LogP contribution in [0.1, 0.15) is 26.2 Å². The molecule has 0 bridgehead atoms. The fourth-order valence-corrected chi connectivity index (χ4v) is 3.64. The number of aromatic nitrogens is 3. The van der Waals surface area contributed by atoms with Crippen LogP contribution in [0.15, 0.2) is 35.5 Å². The average molecular weight is 374 g/mol. The van der Waals surface area contributed by atoms with Crippen molar-refractivity contribution < 1.29 is 14.3 Å². The number of benzene rings is 1. The smallest absolute Gasteiger partial charge is 0.328 e. The molecule has 7 nitrogen and oxygen atoms in total. The molecular weight excluding hydrogens is 352 g/mol. The first-order valence-electron chi connectivity index (χ1n) is 8.75. The minimum atomic E-state index is -0.469. The lowest BCUT2D eigenvalue weighted by molar-refractivity contribution is -0.155. The van der Waals surface area contributed by atoms with Gasteiger partial charge in [-0.1, -0.05) is 42.1 Å². The molecule has 8 heteroatoms. The number of aromatic amines is 1. The Bertz CT molecular complexity index is 750. The maximum atomic E-state index is 12.6. The molecule has 1 fully saturated rings. The van der Waals surface area contributed by atoms with E-state index in [9.17, 15) is 9.59 Å². The fraction of sp³-hybridized carbons (Fsp3) is 0.444. The minimum absolute atomic E-state index is 0.0844. The number of piperidine rings is 1. The number of thioether (sulfide) groups is 1. The number of nitrogens with zero attached hydrogens (tertiary/aromatic N) is 3. The van der Waals surface area contributed by atoms with Crippen molar-refractivity contribution in [3.63, 3.8) is 0 Å². The number of carbonyl (C=O) groups is 2. The molecule has 1 atom stereocenters. The van der Waals surface area contributed by atoms with Crippen molar-refractivity contribution in [1.82, 2.24) is 20.1 Å². The number of H-pyrrole nitrogens is 1. The van der Waals surface area contributed by atoms with Crippen molar-refractivity contribution in [1.29, 1.82) is 0 Å². The van der Waals surface area contributed by atoms with Gasteiger partial charge in [-0.2, -0.15) is 0 Å². The summed E-state index contributed by atoms with van der Waals surface area (Å²) in [5, 5.41) is 7.56. The monoisotopic (exact) mass is 374 g/mol. The summed E-state index contributed by atoms with van der Waals surface area (Å²) in [6, 6.07) is 9.21. The van der Waals surface area contributed by atoms with Crippen molar-refractivity contribution >= 4 is 23.6 Å². The van der Waals surface area contributed by atoms with E-state index in [0.29, 0.717) is 30.6 Å². The van der Waals surface area contributed by atoms with Crippen molar-refractivity contribution in [2.75, 3.05) is 18.9 Å². The van der Waals surface area contributed by atoms with Crippen LogP contribution in [-0.4, -0.2) is 56.9 Å². The molecule has 0 spiro atoms. The largest absolute Gasteiger partial charge is 0.464 e. The highest BCUT2D eigenvalue weighted by Gasteiger charge is 2.33. The summed E-state index contributed by atoms with van der Waals surface area (Å²) in [4.78, 5) is 30.7. The van der Waals surface area contributed by atoms with Crippen LogP contribution in [-0.2, 0) is 14.3 Å². The second kappa shape index (κ2) is 8.84. The molecule has 138 valence electrons. The van der Waals surface area contributed by atoms with Gasteiger partial charge in [-0.15, -0.1) is 5.10 Å². The normalized spacial score (nSPS) is 17.1. The summed E-state index contributed by atoms with van der Waals surface area (Å²) < 4.78 is 5.11. The van der Waals surface area contributed by atoms with E-state index in [4.69, 9.17) is 4.74 Å². The molecule has 2 aromatic rings. The summed E-state index contributed by atoms with van der Waals surface area (Å²) in [5.41, 5.74) is 0.941. The standard InChI is InChI=1S/C18H22N4O3S/c1-2-25-17(24)14-10-6-7-11-22(14)15(23)12-26-18-19-16(20-21-18)13-8-4-3-5-9-13/h3-5,8-9,14H,2,6-7,10-12H2,1H3,(H,19,20,21). The number of hydrogen-bond acceptors (Lipinski definition) is 6. The molecule has 1 aromatic carbocycles. The molecule has 1 saturated heterocycles. The molecular formula is C18H22N4O3S. The van der Waals surface area contributed by atoms with E-state index in [-0.39, 0.29) is 17.6 Å². The second-order valence-corrected chi connectivity index (χ2v) is 6.91. The summed E-state index contributed by atoms with van der Waals surface area (Å²) in [5.74, 6) is 0.471. The first-order chi connectivity index (χ1) is 12.7. The van der Waals surface area contributed by atoms with E-state index >= 15 is 0 Å². The van der Waals surface area contributed by atoms with Gasteiger partial charge in [0.1, 0.15) is 6.04 Å². The van der Waals surface area contributed by atoms with Gasteiger partial charge in [0, 0.05) is 12.1 Å². The quantitative estimate of drug-likeness (QED) is 0.617. The molecule has 1 aliphatic rings. The van der Waals surface area contributed by atoms with Crippen molar-refractivity contribution in [3.05, 3.63) is 30.3 Å². The summed E-state index contributed by atoms with van der Waals surface area (Å²) in [6.45, 7) is 2.69. The zero-order chi connectivity index (χ0) is 18.4. The first-order valence-corrected chi connectivity index (χ1v) is 9.74. The van der Waals surface area contributed by atoms with Crippen LogP contribution in [0.2, 0.25) is 0 Å². The number of ether oxygens (including phenoxy) is 1. The molecule has 2 heterocycles. The van der Waals surface area contributed by atoms with E-state index in [0.717, 1.165) is 18.4 Å². The highest BCUT2D eigenvalue weighted by atomic mass is 32.2. The maximum absolute atomic E-state index is 12.6. The Morgan fingerprint density at radius 1 is 1.31 bits per heavy atom. The van der Waals surface area contributed by atoms with Gasteiger partial charge in [0.25, 0.3) is 0 Å². The van der Waals surface area contributed by atoms with Crippen LogP contribution in [0, 0.1) is 0 Å². The lowest BCUT2D eigenvalue weighted by atomic mass is 10.0. The Kier molecular flexibility index (Phi) is 6.27. The minimum Gasteiger partial charge on any atom is -0.464 e. The summed E-state index contributed by atoms with van der Waals surface area (Å²) >= 11 is 1.27. The topological polar surface area (TPSA) is 88.2 Å². The van der Waals surface area contributed by atoms with Gasteiger partial charge in [0.2, 0.25) is 11.1 Å². The number of esters is 1. The Morgan fingerprint density at radius 2 is 2.12 bits per heavy atom. The molecule has 0 radical (unpaired) electrons. The van der Waals surface area contributed by atoms with Crippen molar-refractivity contribution in [2.45, 2.75) is 37.4 Å². The Labute approximate surface area is 156 Å². The third-order valence-corrected chi connectivity index (χ3v) is 5.05. The van der Waals surface area contributed by atoms with Crippen LogP contribution in [0.5, 0.6) is 0 Å². The molecule has 1 aromatic heterocycles. The highest BCUT2D eigenvalue weighted by Crippen LogP contribution is 2.22. The lowest BCUT2D eigenvalue weighted by Gasteiger charge is -2.33. The number of nitrogens with one attached hydrogen (secondary N) is 1. The van der Waals surface area contributed by atoms with Gasteiger partial charge < -0.3 is 9.64 Å². The van der Waals surface area contributed by atoms with E-state index < -0.39 is 6.04 Å². The Morgan fingerprint density at radius 3 is 2.88 bits per heavy atom. The number of hydrogen-bond donors (Lipinski definition) is 1. The maximum Gasteiger partial charge on any atom is 0.328 e. The summed E-state index contributed by atoms with van der Waals surface area (Å²) in [6.07, 6.45) is 2.50.